The zero-order chi connectivity index (χ0) is 20.8. The van der Waals surface area contributed by atoms with Gasteiger partial charge in [0.25, 0.3) is 0 Å². The van der Waals surface area contributed by atoms with Gasteiger partial charge in [0, 0.05) is 29.6 Å². The summed E-state index contributed by atoms with van der Waals surface area (Å²) < 4.78 is 19.4. The van der Waals surface area contributed by atoms with Crippen LogP contribution in [0.1, 0.15) is 25.8 Å². The molecule has 1 unspecified atom stereocenters. The number of fused-ring (bicyclic) bond motifs is 1. The third kappa shape index (κ3) is 3.03. The first-order valence-electron chi connectivity index (χ1n) is 8.81. The van der Waals surface area contributed by atoms with E-state index in [0.717, 1.165) is 5.57 Å². The van der Waals surface area contributed by atoms with Crippen molar-refractivity contribution in [1.29, 1.82) is 0 Å². The van der Waals surface area contributed by atoms with Gasteiger partial charge in [-0.3, -0.25) is 0 Å². The fourth-order valence-electron chi connectivity index (χ4n) is 3.92. The van der Waals surface area contributed by atoms with E-state index < -0.39 is 23.1 Å². The molecule has 1 fully saturated rings. The van der Waals surface area contributed by atoms with Crippen LogP contribution in [0.15, 0.2) is 35.4 Å². The predicted molar refractivity (Wildman–Crippen MR) is 102 cm³/mol. The minimum Gasteiger partial charge on any atom is -0.505 e. The molecule has 0 bridgehead atoms. The van der Waals surface area contributed by atoms with Crippen molar-refractivity contribution in [1.82, 2.24) is 9.80 Å². The Kier molecular flexibility index (Phi) is 5.14. The molecule has 150 valence electrons. The third-order valence-electron chi connectivity index (χ3n) is 5.71. The lowest BCUT2D eigenvalue weighted by Gasteiger charge is -2.53. The van der Waals surface area contributed by atoms with Gasteiger partial charge in [-0.15, -0.1) is 0 Å². The van der Waals surface area contributed by atoms with Gasteiger partial charge in [-0.05, 0) is 31.6 Å². The summed E-state index contributed by atoms with van der Waals surface area (Å²) in [4.78, 5) is 28.2. The second-order valence-electron chi connectivity index (χ2n) is 7.27. The molecule has 0 spiro atoms. The fraction of sp³-hybridized carbons (Fsp3) is 0.400. The number of carbonyl (C=O) groups is 2. The van der Waals surface area contributed by atoms with E-state index in [0.29, 0.717) is 5.57 Å². The van der Waals surface area contributed by atoms with Gasteiger partial charge >= 0.3 is 12.0 Å². The Morgan fingerprint density at radius 2 is 2.11 bits per heavy atom. The molecular formula is C20H22ClFN2O4. The van der Waals surface area contributed by atoms with Crippen molar-refractivity contribution in [3.8, 4) is 5.75 Å². The molecule has 1 aromatic carbocycles. The maximum absolute atomic E-state index is 14.5. The first-order chi connectivity index (χ1) is 13.1. The molecule has 1 saturated heterocycles. The van der Waals surface area contributed by atoms with E-state index in [9.17, 15) is 19.1 Å². The number of phenols is 1. The van der Waals surface area contributed by atoms with E-state index in [-0.39, 0.29) is 35.6 Å². The standard InChI is InChI=1S/C20H22ClFN2O4/c1-11-14-6-5-12(18(26)28-4)9-20(14,2)24(19(27)23(11)3)10-13-15(21)7-8-16(25)17(13)22/h5-8,11,25H,9-10H2,1-4H3/t11-,20?/m0/s1. The maximum atomic E-state index is 14.5. The molecule has 28 heavy (non-hydrogen) atoms. The van der Waals surface area contributed by atoms with Crippen LogP contribution in [0.25, 0.3) is 0 Å². The number of likely N-dealkylation sites (N-methyl/N-ethyl adjacent to an activating group) is 1. The molecule has 0 saturated carbocycles. The minimum atomic E-state index is -0.873. The molecule has 1 N–H and O–H groups in total. The lowest BCUT2D eigenvalue weighted by atomic mass is 9.75. The summed E-state index contributed by atoms with van der Waals surface area (Å²) in [6.45, 7) is 3.58. The summed E-state index contributed by atoms with van der Waals surface area (Å²) in [5.41, 5.74) is 0.486. The number of halogens is 2. The molecule has 1 aliphatic carbocycles. The number of hydrogen-bond donors (Lipinski definition) is 1. The highest BCUT2D eigenvalue weighted by molar-refractivity contribution is 6.31. The third-order valence-corrected chi connectivity index (χ3v) is 6.06. The molecule has 8 heteroatoms. The molecule has 0 radical (unpaired) electrons. The van der Waals surface area contributed by atoms with Gasteiger partial charge in [0.15, 0.2) is 11.6 Å². The van der Waals surface area contributed by atoms with Gasteiger partial charge in [-0.25, -0.2) is 14.0 Å². The molecule has 0 aromatic heterocycles. The van der Waals surface area contributed by atoms with Crippen LogP contribution < -0.4 is 0 Å². The van der Waals surface area contributed by atoms with Crippen molar-refractivity contribution in [2.75, 3.05) is 14.2 Å². The summed E-state index contributed by atoms with van der Waals surface area (Å²) in [5, 5.41) is 9.84. The number of allylic oxidation sites excluding steroid dienone is 2. The van der Waals surface area contributed by atoms with Crippen LogP contribution in [-0.2, 0) is 16.1 Å². The number of nitrogens with zero attached hydrogens (tertiary/aromatic N) is 2. The van der Waals surface area contributed by atoms with Gasteiger partial charge in [-0.1, -0.05) is 23.8 Å². The second kappa shape index (κ2) is 7.13. The smallest absolute Gasteiger partial charge is 0.333 e. The highest BCUT2D eigenvalue weighted by Gasteiger charge is 2.50. The lowest BCUT2D eigenvalue weighted by Crippen LogP contribution is -2.64. The van der Waals surface area contributed by atoms with Crippen molar-refractivity contribution < 1.29 is 23.8 Å². The van der Waals surface area contributed by atoms with Gasteiger partial charge < -0.3 is 19.6 Å². The number of phenolic OH excluding ortho intramolecular Hbond substituents is 1. The van der Waals surface area contributed by atoms with Gasteiger partial charge in [-0.2, -0.15) is 0 Å². The highest BCUT2D eigenvalue weighted by Crippen LogP contribution is 2.43. The number of urea groups is 1. The van der Waals surface area contributed by atoms with Crippen molar-refractivity contribution in [2.24, 2.45) is 0 Å². The summed E-state index contributed by atoms with van der Waals surface area (Å²) >= 11 is 6.15. The van der Waals surface area contributed by atoms with Gasteiger partial charge in [0.1, 0.15) is 0 Å². The molecule has 1 aliphatic heterocycles. The Morgan fingerprint density at radius 3 is 2.75 bits per heavy atom. The average molecular weight is 409 g/mol. The molecule has 2 aliphatic rings. The van der Waals surface area contributed by atoms with E-state index >= 15 is 0 Å². The second-order valence-corrected chi connectivity index (χ2v) is 7.68. The zero-order valence-electron chi connectivity index (χ0n) is 16.1. The summed E-state index contributed by atoms with van der Waals surface area (Å²) in [6.07, 6.45) is 3.74. The van der Waals surface area contributed by atoms with Crippen LogP contribution in [0.2, 0.25) is 5.02 Å². The number of benzene rings is 1. The zero-order valence-corrected chi connectivity index (χ0v) is 16.9. The molecule has 2 amide bonds. The topological polar surface area (TPSA) is 70.1 Å². The van der Waals surface area contributed by atoms with Crippen LogP contribution >= 0.6 is 11.6 Å². The van der Waals surface area contributed by atoms with Gasteiger partial charge in [0.2, 0.25) is 0 Å². The number of rotatable bonds is 3. The summed E-state index contributed by atoms with van der Waals surface area (Å²) in [6, 6.07) is 2.03. The number of esters is 1. The van der Waals surface area contributed by atoms with Crippen molar-refractivity contribution in [3.05, 3.63) is 51.8 Å². The minimum absolute atomic E-state index is 0.0210. The molecule has 1 aromatic rings. The summed E-state index contributed by atoms with van der Waals surface area (Å²) in [5.74, 6) is -1.88. The Labute approximate surface area is 167 Å². The number of ether oxygens (including phenoxy) is 1. The largest absolute Gasteiger partial charge is 0.505 e. The predicted octanol–water partition coefficient (Wildman–Crippen LogP) is 3.63. The van der Waals surface area contributed by atoms with Gasteiger partial charge in [0.05, 0.1) is 25.2 Å². The first kappa shape index (κ1) is 20.2. The van der Waals surface area contributed by atoms with Crippen LogP contribution in [0.5, 0.6) is 5.75 Å². The Morgan fingerprint density at radius 1 is 1.43 bits per heavy atom. The van der Waals surface area contributed by atoms with E-state index in [1.165, 1.54) is 24.1 Å². The summed E-state index contributed by atoms with van der Waals surface area (Å²) in [7, 11) is 2.97. The highest BCUT2D eigenvalue weighted by atomic mass is 35.5. The molecule has 1 heterocycles. The fourth-order valence-corrected chi connectivity index (χ4v) is 4.13. The Bertz CT molecular complexity index is 914. The van der Waals surface area contributed by atoms with Crippen LogP contribution in [0.3, 0.4) is 0 Å². The van der Waals surface area contributed by atoms with E-state index in [1.807, 2.05) is 19.9 Å². The Hall–Kier alpha value is -2.54. The number of aromatic hydroxyl groups is 1. The monoisotopic (exact) mass is 408 g/mol. The number of methoxy groups -OCH3 is 1. The van der Waals surface area contributed by atoms with Crippen LogP contribution in [0, 0.1) is 5.82 Å². The van der Waals surface area contributed by atoms with Crippen molar-refractivity contribution in [2.45, 2.75) is 38.4 Å². The van der Waals surface area contributed by atoms with Crippen LogP contribution in [-0.4, -0.2) is 52.6 Å². The average Bonchev–Trinajstić information content (AvgIpc) is 2.67. The van der Waals surface area contributed by atoms with Crippen molar-refractivity contribution >= 4 is 23.6 Å². The van der Waals surface area contributed by atoms with E-state index in [4.69, 9.17) is 16.3 Å². The molecule has 2 atom stereocenters. The molecule has 3 rings (SSSR count). The number of amides is 2. The van der Waals surface area contributed by atoms with E-state index in [2.05, 4.69) is 0 Å². The maximum Gasteiger partial charge on any atom is 0.333 e. The lowest BCUT2D eigenvalue weighted by molar-refractivity contribution is -0.136. The quantitative estimate of drug-likeness (QED) is 0.775. The molecular weight excluding hydrogens is 387 g/mol. The normalized spacial score (nSPS) is 24.5. The van der Waals surface area contributed by atoms with Crippen molar-refractivity contribution in [3.63, 3.8) is 0 Å². The first-order valence-corrected chi connectivity index (χ1v) is 9.19. The number of carbonyl (C=O) groups excluding carboxylic acids is 2. The SMILES string of the molecule is COC(=O)C1=CC=C2[C@H](C)N(C)C(=O)N(Cc3c(Cl)ccc(O)c3F)C2(C)C1. The van der Waals surface area contributed by atoms with E-state index in [1.54, 1.807) is 18.0 Å². The molecule has 6 nitrogen and oxygen atoms in total. The van der Waals surface area contributed by atoms with Crippen LogP contribution in [0.4, 0.5) is 9.18 Å². The number of hydrogen-bond acceptors (Lipinski definition) is 4. The Balaban J connectivity index is 2.09.